The molecule has 9 heteroatoms. The van der Waals surface area contributed by atoms with Crippen molar-refractivity contribution < 1.29 is 9.13 Å². The molecule has 0 spiro atoms. The Balaban J connectivity index is 1.20. The molecule has 3 aromatic heterocycles. The molecule has 2 bridgehead atoms. The van der Waals surface area contributed by atoms with Gasteiger partial charge in [-0.3, -0.25) is 9.88 Å². The van der Waals surface area contributed by atoms with Crippen LogP contribution in [0.25, 0.3) is 42.3 Å². The summed E-state index contributed by atoms with van der Waals surface area (Å²) < 4.78 is 22.0. The van der Waals surface area contributed by atoms with E-state index in [1.807, 2.05) is 18.3 Å². The van der Waals surface area contributed by atoms with Crippen LogP contribution in [-0.4, -0.2) is 76.4 Å². The number of nitrogens with one attached hydrogen (secondary N) is 1. The molecule has 0 radical (unpaired) electrons. The first kappa shape index (κ1) is 26.6. The standard InChI is InChI=1S/C35H33FN6OS/c1-2-21-6-3-7-22-8-4-9-26(28(21)22)30-31-27(12-14-37-30)29-32(41-18-24-10-11-25(19-41)38-24)39-34(40-33(29)44-31)43-20-35-13-5-15-42(35)17-23(36)16-35/h1,3-4,6-9,12,14,23-25,38H,5,10-11,13,15-20H2/t23-,24?,25?,35+/m1/s1. The van der Waals surface area contributed by atoms with Crippen LogP contribution in [0.4, 0.5) is 10.2 Å². The first-order valence-corrected chi connectivity index (χ1v) is 16.5. The zero-order valence-corrected chi connectivity index (χ0v) is 25.2. The fourth-order valence-electron chi connectivity index (χ4n) is 8.33. The molecule has 2 unspecified atom stereocenters. The molecule has 222 valence electrons. The van der Waals surface area contributed by atoms with Crippen LogP contribution in [0.3, 0.4) is 0 Å². The van der Waals surface area contributed by atoms with Crippen LogP contribution >= 0.6 is 11.3 Å². The number of ether oxygens (including phenoxy) is 1. The van der Waals surface area contributed by atoms with Gasteiger partial charge >= 0.3 is 6.01 Å². The minimum Gasteiger partial charge on any atom is -0.461 e. The predicted octanol–water partition coefficient (Wildman–Crippen LogP) is 5.94. The van der Waals surface area contributed by atoms with Crippen LogP contribution in [0.2, 0.25) is 0 Å². The van der Waals surface area contributed by atoms with Crippen molar-refractivity contribution in [1.29, 1.82) is 0 Å². The molecular weight excluding hydrogens is 571 g/mol. The minimum atomic E-state index is -0.799. The Kier molecular flexibility index (Phi) is 6.09. The highest BCUT2D eigenvalue weighted by Gasteiger charge is 2.49. The number of hydrogen-bond acceptors (Lipinski definition) is 8. The largest absolute Gasteiger partial charge is 0.461 e. The van der Waals surface area contributed by atoms with Gasteiger partial charge in [0.1, 0.15) is 23.4 Å². The van der Waals surface area contributed by atoms with E-state index in [1.165, 1.54) is 12.8 Å². The molecule has 4 atom stereocenters. The SMILES string of the molecule is C#Cc1cccc2cccc(-c3nccc4c3sc3nc(OC[C@@]56CCCN5C[C@H](F)C6)nc(N5CC6CCC(C5)N6)c34)c12. The fourth-order valence-corrected chi connectivity index (χ4v) is 9.49. The number of hydrogen-bond donors (Lipinski definition) is 1. The number of fused-ring (bicyclic) bond motifs is 7. The lowest BCUT2D eigenvalue weighted by molar-refractivity contribution is 0.107. The number of benzene rings is 2. The Hall–Kier alpha value is -3.84. The van der Waals surface area contributed by atoms with E-state index in [9.17, 15) is 4.39 Å². The van der Waals surface area contributed by atoms with Gasteiger partial charge in [-0.2, -0.15) is 9.97 Å². The zero-order chi connectivity index (χ0) is 29.4. The highest BCUT2D eigenvalue weighted by Crippen LogP contribution is 2.45. The van der Waals surface area contributed by atoms with Gasteiger partial charge in [0.15, 0.2) is 0 Å². The second-order valence-electron chi connectivity index (χ2n) is 12.9. The number of halogens is 1. The minimum absolute atomic E-state index is 0.258. The highest BCUT2D eigenvalue weighted by atomic mass is 32.1. The Morgan fingerprint density at radius 2 is 1.91 bits per heavy atom. The molecule has 44 heavy (non-hydrogen) atoms. The number of alkyl halides is 1. The molecule has 0 amide bonds. The summed E-state index contributed by atoms with van der Waals surface area (Å²) in [6.07, 6.45) is 12.0. The van der Waals surface area contributed by atoms with Crippen LogP contribution in [-0.2, 0) is 0 Å². The number of rotatable bonds is 5. The van der Waals surface area contributed by atoms with Crippen molar-refractivity contribution in [1.82, 2.24) is 25.2 Å². The Morgan fingerprint density at radius 3 is 2.75 bits per heavy atom. The third-order valence-electron chi connectivity index (χ3n) is 10.3. The molecule has 0 saturated carbocycles. The highest BCUT2D eigenvalue weighted by molar-refractivity contribution is 7.26. The van der Waals surface area contributed by atoms with E-state index < -0.39 is 6.17 Å². The third-order valence-corrected chi connectivity index (χ3v) is 11.4. The van der Waals surface area contributed by atoms with Crippen molar-refractivity contribution >= 4 is 48.2 Å². The normalized spacial score (nSPS) is 26.5. The fraction of sp³-hybridized carbons (Fsp3) is 0.400. The molecule has 4 saturated heterocycles. The summed E-state index contributed by atoms with van der Waals surface area (Å²) in [7, 11) is 0. The average molecular weight is 605 g/mol. The van der Waals surface area contributed by atoms with Gasteiger partial charge in [0, 0.05) is 66.2 Å². The summed E-state index contributed by atoms with van der Waals surface area (Å²) in [4.78, 5) is 20.6. The van der Waals surface area contributed by atoms with E-state index in [0.717, 1.165) is 86.2 Å². The Morgan fingerprint density at radius 1 is 1.07 bits per heavy atom. The second kappa shape index (κ2) is 10.1. The molecule has 4 aliphatic heterocycles. The van der Waals surface area contributed by atoms with Gasteiger partial charge in [-0.05, 0) is 49.7 Å². The lowest BCUT2D eigenvalue weighted by Gasteiger charge is -2.34. The van der Waals surface area contributed by atoms with Gasteiger partial charge in [0.25, 0.3) is 0 Å². The maximum Gasteiger partial charge on any atom is 0.319 e. The van der Waals surface area contributed by atoms with Gasteiger partial charge in [0.2, 0.25) is 0 Å². The molecule has 7 heterocycles. The molecule has 0 aliphatic carbocycles. The lowest BCUT2D eigenvalue weighted by atomic mass is 9.95. The van der Waals surface area contributed by atoms with E-state index in [2.05, 4.69) is 51.4 Å². The maximum absolute atomic E-state index is 14.5. The van der Waals surface area contributed by atoms with Gasteiger partial charge < -0.3 is 15.0 Å². The number of aromatic nitrogens is 3. The van der Waals surface area contributed by atoms with Crippen LogP contribution < -0.4 is 15.0 Å². The molecule has 4 aliphatic rings. The Bertz CT molecular complexity index is 1970. The quantitative estimate of drug-likeness (QED) is 0.249. The van der Waals surface area contributed by atoms with Crippen molar-refractivity contribution in [2.75, 3.05) is 37.7 Å². The third kappa shape index (κ3) is 4.12. The summed E-state index contributed by atoms with van der Waals surface area (Å²) in [6.45, 7) is 3.63. The van der Waals surface area contributed by atoms with Crippen molar-refractivity contribution in [2.45, 2.75) is 55.9 Å². The van der Waals surface area contributed by atoms with Crippen molar-refractivity contribution in [3.63, 3.8) is 0 Å². The summed E-state index contributed by atoms with van der Waals surface area (Å²) in [5.41, 5.74) is 2.51. The van der Waals surface area contributed by atoms with Crippen molar-refractivity contribution in [2.24, 2.45) is 0 Å². The molecule has 4 fully saturated rings. The summed E-state index contributed by atoms with van der Waals surface area (Å²) >= 11 is 1.63. The first-order chi connectivity index (χ1) is 21.6. The first-order valence-electron chi connectivity index (χ1n) is 15.7. The topological polar surface area (TPSA) is 66.4 Å². The van der Waals surface area contributed by atoms with Crippen LogP contribution in [0.5, 0.6) is 6.01 Å². The van der Waals surface area contributed by atoms with Crippen LogP contribution in [0.15, 0.2) is 48.7 Å². The van der Waals surface area contributed by atoms with Gasteiger partial charge in [0.05, 0.1) is 21.3 Å². The maximum atomic E-state index is 14.5. The Labute approximate surface area is 259 Å². The van der Waals surface area contributed by atoms with Crippen LogP contribution in [0, 0.1) is 12.3 Å². The molecule has 1 N–H and O–H groups in total. The molecule has 5 aromatic rings. The monoisotopic (exact) mass is 604 g/mol. The van der Waals surface area contributed by atoms with E-state index in [-0.39, 0.29) is 5.54 Å². The van der Waals surface area contributed by atoms with Gasteiger partial charge in [-0.15, -0.1) is 17.8 Å². The molecule has 2 aromatic carbocycles. The van der Waals surface area contributed by atoms with E-state index in [4.69, 9.17) is 26.1 Å². The average Bonchev–Trinajstić information content (AvgIpc) is 3.79. The zero-order valence-electron chi connectivity index (χ0n) is 24.4. The number of piperazine rings is 1. The second-order valence-corrected chi connectivity index (χ2v) is 13.9. The van der Waals surface area contributed by atoms with Gasteiger partial charge in [-0.1, -0.05) is 36.3 Å². The number of nitrogens with zero attached hydrogens (tertiary/aromatic N) is 5. The predicted molar refractivity (Wildman–Crippen MR) is 174 cm³/mol. The number of pyridine rings is 1. The molecule has 7 nitrogen and oxygen atoms in total. The number of anilines is 1. The summed E-state index contributed by atoms with van der Waals surface area (Å²) in [6, 6.07) is 15.7. The van der Waals surface area contributed by atoms with Crippen LogP contribution in [0.1, 0.15) is 37.7 Å². The van der Waals surface area contributed by atoms with E-state index in [1.54, 1.807) is 11.3 Å². The lowest BCUT2D eigenvalue weighted by Crippen LogP contribution is -2.51. The van der Waals surface area contributed by atoms with Crippen molar-refractivity contribution in [3.8, 4) is 29.6 Å². The summed E-state index contributed by atoms with van der Waals surface area (Å²) in [5.74, 6) is 3.80. The molecular formula is C35H33FN6OS. The smallest absolute Gasteiger partial charge is 0.319 e. The molecule has 9 rings (SSSR count). The number of terminal acetylenes is 1. The summed E-state index contributed by atoms with van der Waals surface area (Å²) in [5, 5.41) is 8.02. The van der Waals surface area contributed by atoms with E-state index >= 15 is 0 Å². The number of thiophene rings is 1. The van der Waals surface area contributed by atoms with Gasteiger partial charge in [-0.25, -0.2) is 4.39 Å². The van der Waals surface area contributed by atoms with E-state index in [0.29, 0.717) is 37.7 Å². The van der Waals surface area contributed by atoms with Crippen molar-refractivity contribution in [3.05, 3.63) is 54.2 Å².